The number of rotatable bonds is 4. The molecule has 0 aromatic heterocycles. The summed E-state index contributed by atoms with van der Waals surface area (Å²) in [7, 11) is 1.55. The van der Waals surface area contributed by atoms with E-state index in [4.69, 9.17) is 9.84 Å². The van der Waals surface area contributed by atoms with Crippen molar-refractivity contribution in [2.75, 3.05) is 12.4 Å². The zero-order valence-corrected chi connectivity index (χ0v) is 9.19. The van der Waals surface area contributed by atoms with Crippen LogP contribution in [0.25, 0.3) is 0 Å². The van der Waals surface area contributed by atoms with Gasteiger partial charge in [0.05, 0.1) is 13.7 Å². The number of ether oxygens (including phenoxy) is 1. The SMILES string of the molecule is COc1ccc(NC(=O)C2CC2)cc1CO. The topological polar surface area (TPSA) is 58.6 Å². The van der Waals surface area contributed by atoms with Gasteiger partial charge in [0.25, 0.3) is 0 Å². The second kappa shape index (κ2) is 4.53. The van der Waals surface area contributed by atoms with Gasteiger partial charge in [-0.1, -0.05) is 0 Å². The first kappa shape index (κ1) is 11.0. The molecule has 0 aliphatic heterocycles. The summed E-state index contributed by atoms with van der Waals surface area (Å²) in [4.78, 5) is 11.5. The highest BCUT2D eigenvalue weighted by molar-refractivity contribution is 5.94. The lowest BCUT2D eigenvalue weighted by molar-refractivity contribution is -0.117. The number of benzene rings is 1. The number of amides is 1. The van der Waals surface area contributed by atoms with E-state index in [1.54, 1.807) is 25.3 Å². The fraction of sp³-hybridized carbons (Fsp3) is 0.417. The molecule has 1 aliphatic rings. The molecule has 0 saturated heterocycles. The molecule has 4 nitrogen and oxygen atoms in total. The van der Waals surface area contributed by atoms with E-state index in [0.717, 1.165) is 12.8 Å². The van der Waals surface area contributed by atoms with E-state index >= 15 is 0 Å². The van der Waals surface area contributed by atoms with Crippen LogP contribution < -0.4 is 10.1 Å². The molecule has 0 heterocycles. The molecule has 1 aromatic rings. The van der Waals surface area contributed by atoms with Gasteiger partial charge in [0, 0.05) is 17.2 Å². The minimum atomic E-state index is -0.101. The largest absolute Gasteiger partial charge is 0.496 e. The lowest BCUT2D eigenvalue weighted by Gasteiger charge is -2.09. The molecule has 86 valence electrons. The maximum Gasteiger partial charge on any atom is 0.227 e. The number of hydrogen-bond acceptors (Lipinski definition) is 3. The molecule has 2 N–H and O–H groups in total. The Labute approximate surface area is 94.2 Å². The summed E-state index contributed by atoms with van der Waals surface area (Å²) < 4.78 is 5.08. The van der Waals surface area contributed by atoms with Crippen LogP contribution in [0.5, 0.6) is 5.75 Å². The summed E-state index contributed by atoms with van der Waals surface area (Å²) in [6.07, 6.45) is 1.96. The Morgan fingerprint density at radius 3 is 2.88 bits per heavy atom. The Kier molecular flexibility index (Phi) is 3.10. The minimum Gasteiger partial charge on any atom is -0.496 e. The average Bonchev–Trinajstić information content (AvgIpc) is 3.12. The maximum absolute atomic E-state index is 11.5. The van der Waals surface area contributed by atoms with Crippen LogP contribution in [0, 0.1) is 5.92 Å². The number of hydrogen-bond donors (Lipinski definition) is 2. The van der Waals surface area contributed by atoms with Crippen molar-refractivity contribution in [2.24, 2.45) is 5.92 Å². The summed E-state index contributed by atoms with van der Waals surface area (Å²) in [5, 5.41) is 12.0. The van der Waals surface area contributed by atoms with Crippen molar-refractivity contribution >= 4 is 11.6 Å². The average molecular weight is 221 g/mol. The van der Waals surface area contributed by atoms with Crippen molar-refractivity contribution in [3.05, 3.63) is 23.8 Å². The van der Waals surface area contributed by atoms with Crippen molar-refractivity contribution in [3.8, 4) is 5.75 Å². The van der Waals surface area contributed by atoms with Gasteiger partial charge in [-0.3, -0.25) is 4.79 Å². The standard InChI is InChI=1S/C12H15NO3/c1-16-11-5-4-10(6-9(11)7-14)13-12(15)8-2-3-8/h4-6,8,14H,2-3,7H2,1H3,(H,13,15). The molecule has 1 saturated carbocycles. The molecule has 0 atom stereocenters. The molecule has 0 bridgehead atoms. The highest BCUT2D eigenvalue weighted by atomic mass is 16.5. The number of aliphatic hydroxyl groups is 1. The van der Waals surface area contributed by atoms with Crippen LogP contribution in [0.2, 0.25) is 0 Å². The van der Waals surface area contributed by atoms with Crippen LogP contribution in [0.1, 0.15) is 18.4 Å². The molecule has 4 heteroatoms. The third-order valence-electron chi connectivity index (χ3n) is 2.67. The highest BCUT2D eigenvalue weighted by Gasteiger charge is 2.29. The minimum absolute atomic E-state index is 0.0639. The second-order valence-corrected chi connectivity index (χ2v) is 3.95. The van der Waals surface area contributed by atoms with Gasteiger partial charge < -0.3 is 15.2 Å². The fourth-order valence-electron chi connectivity index (χ4n) is 1.57. The van der Waals surface area contributed by atoms with E-state index in [1.165, 1.54) is 0 Å². The van der Waals surface area contributed by atoms with Crippen molar-refractivity contribution in [1.82, 2.24) is 0 Å². The van der Waals surface area contributed by atoms with Crippen LogP contribution in [-0.4, -0.2) is 18.1 Å². The Hall–Kier alpha value is -1.55. The monoisotopic (exact) mass is 221 g/mol. The van der Waals surface area contributed by atoms with Gasteiger partial charge in [-0.25, -0.2) is 0 Å². The van der Waals surface area contributed by atoms with E-state index in [-0.39, 0.29) is 18.4 Å². The second-order valence-electron chi connectivity index (χ2n) is 3.95. The summed E-state index contributed by atoms with van der Waals surface area (Å²) in [5.41, 5.74) is 1.39. The van der Waals surface area contributed by atoms with E-state index in [0.29, 0.717) is 17.0 Å². The van der Waals surface area contributed by atoms with Gasteiger partial charge in [0.1, 0.15) is 5.75 Å². The fourth-order valence-corrected chi connectivity index (χ4v) is 1.57. The Morgan fingerprint density at radius 2 is 2.31 bits per heavy atom. The molecular formula is C12H15NO3. The number of anilines is 1. The summed E-state index contributed by atoms with van der Waals surface area (Å²) >= 11 is 0. The van der Waals surface area contributed by atoms with Gasteiger partial charge in [0.15, 0.2) is 0 Å². The van der Waals surface area contributed by atoms with Crippen LogP contribution >= 0.6 is 0 Å². The maximum atomic E-state index is 11.5. The number of carbonyl (C=O) groups excluding carboxylic acids is 1. The third kappa shape index (κ3) is 2.33. The molecule has 1 amide bonds. The van der Waals surface area contributed by atoms with Crippen LogP contribution in [0.3, 0.4) is 0 Å². The van der Waals surface area contributed by atoms with E-state index in [1.807, 2.05) is 0 Å². The Bertz CT molecular complexity index is 399. The molecule has 16 heavy (non-hydrogen) atoms. The van der Waals surface area contributed by atoms with Gasteiger partial charge in [-0.05, 0) is 31.0 Å². The van der Waals surface area contributed by atoms with Crippen molar-refractivity contribution < 1.29 is 14.6 Å². The summed E-state index contributed by atoms with van der Waals surface area (Å²) in [6.45, 7) is -0.101. The summed E-state index contributed by atoms with van der Waals surface area (Å²) in [6, 6.07) is 5.26. The van der Waals surface area contributed by atoms with Gasteiger partial charge in [-0.2, -0.15) is 0 Å². The Balaban J connectivity index is 2.12. The van der Waals surface area contributed by atoms with Crippen LogP contribution in [0.4, 0.5) is 5.69 Å². The van der Waals surface area contributed by atoms with E-state index in [9.17, 15) is 4.79 Å². The lowest BCUT2D eigenvalue weighted by Crippen LogP contribution is -2.13. The van der Waals surface area contributed by atoms with Gasteiger partial charge in [-0.15, -0.1) is 0 Å². The van der Waals surface area contributed by atoms with Crippen LogP contribution in [-0.2, 0) is 11.4 Å². The van der Waals surface area contributed by atoms with Crippen LogP contribution in [0.15, 0.2) is 18.2 Å². The van der Waals surface area contributed by atoms with Gasteiger partial charge in [0.2, 0.25) is 5.91 Å². The highest BCUT2D eigenvalue weighted by Crippen LogP contribution is 2.31. The van der Waals surface area contributed by atoms with Crippen molar-refractivity contribution in [3.63, 3.8) is 0 Å². The quantitative estimate of drug-likeness (QED) is 0.810. The number of aliphatic hydroxyl groups excluding tert-OH is 1. The molecule has 0 unspecified atom stereocenters. The third-order valence-corrected chi connectivity index (χ3v) is 2.67. The predicted molar refractivity (Wildman–Crippen MR) is 60.3 cm³/mol. The van der Waals surface area contributed by atoms with E-state index in [2.05, 4.69) is 5.32 Å². The molecule has 0 spiro atoms. The van der Waals surface area contributed by atoms with Gasteiger partial charge >= 0.3 is 0 Å². The normalized spacial score (nSPS) is 14.6. The molecule has 1 aliphatic carbocycles. The molecule has 1 aromatic carbocycles. The molecular weight excluding hydrogens is 206 g/mol. The van der Waals surface area contributed by atoms with E-state index < -0.39 is 0 Å². The zero-order chi connectivity index (χ0) is 11.5. The molecule has 2 rings (SSSR count). The zero-order valence-electron chi connectivity index (χ0n) is 9.19. The smallest absolute Gasteiger partial charge is 0.227 e. The first-order valence-corrected chi connectivity index (χ1v) is 5.33. The predicted octanol–water partition coefficient (Wildman–Crippen LogP) is 1.54. The first-order chi connectivity index (χ1) is 7.74. The molecule has 1 fully saturated rings. The summed E-state index contributed by atoms with van der Waals surface area (Å²) in [5.74, 6) is 0.876. The number of carbonyl (C=O) groups is 1. The Morgan fingerprint density at radius 1 is 1.56 bits per heavy atom. The first-order valence-electron chi connectivity index (χ1n) is 5.33. The van der Waals surface area contributed by atoms with Crippen molar-refractivity contribution in [1.29, 1.82) is 0 Å². The molecule has 0 radical (unpaired) electrons. The lowest BCUT2D eigenvalue weighted by atomic mass is 10.2. The number of nitrogens with one attached hydrogen (secondary N) is 1. The van der Waals surface area contributed by atoms with Crippen molar-refractivity contribution in [2.45, 2.75) is 19.4 Å². The number of methoxy groups -OCH3 is 1.